The molecule has 1 fully saturated rings. The molecule has 6 rings (SSSR count). The zero-order chi connectivity index (χ0) is 31.1. The van der Waals surface area contributed by atoms with E-state index in [-0.39, 0.29) is 22.4 Å². The van der Waals surface area contributed by atoms with Gasteiger partial charge in [-0.2, -0.15) is 5.26 Å². The lowest BCUT2D eigenvalue weighted by atomic mass is 10.0. The lowest BCUT2D eigenvalue weighted by Gasteiger charge is -2.23. The summed E-state index contributed by atoms with van der Waals surface area (Å²) in [5, 5.41) is 25.7. The van der Waals surface area contributed by atoms with Crippen LogP contribution in [0.1, 0.15) is 54.7 Å². The molecule has 5 aromatic rings. The summed E-state index contributed by atoms with van der Waals surface area (Å²) >= 11 is 6.73. The summed E-state index contributed by atoms with van der Waals surface area (Å²) in [6.45, 7) is 0. The van der Waals surface area contributed by atoms with E-state index in [0.29, 0.717) is 39.1 Å². The van der Waals surface area contributed by atoms with Crippen LogP contribution in [0.3, 0.4) is 0 Å². The molecule has 0 spiro atoms. The second-order valence-electron chi connectivity index (χ2n) is 10.5. The van der Waals surface area contributed by atoms with Gasteiger partial charge in [-0.3, -0.25) is 4.98 Å². The Morgan fingerprint density at radius 3 is 2.56 bits per heavy atom. The van der Waals surface area contributed by atoms with Crippen molar-refractivity contribution in [2.24, 2.45) is 0 Å². The Hall–Kier alpha value is -4.53. The molecule has 2 atom stereocenters. The van der Waals surface area contributed by atoms with Crippen LogP contribution in [0.4, 0.5) is 15.8 Å². The third-order valence-corrected chi connectivity index (χ3v) is 8.35. The highest BCUT2D eigenvalue weighted by atomic mass is 35.5. The molecule has 0 radical (unpaired) electrons. The number of nitrogens with one attached hydrogen (secondary N) is 2. The first-order chi connectivity index (χ1) is 21.0. The van der Waals surface area contributed by atoms with Gasteiger partial charge in [0.2, 0.25) is 0 Å². The van der Waals surface area contributed by atoms with Crippen LogP contribution in [0.25, 0.3) is 10.9 Å². The molecule has 1 aliphatic rings. The molecule has 9 nitrogen and oxygen atoms in total. The van der Waals surface area contributed by atoms with Crippen molar-refractivity contribution in [1.29, 1.82) is 5.26 Å². The molecular weight excluding hydrogens is 589 g/mol. The average Bonchev–Trinajstić information content (AvgIpc) is 3.72. The number of hydrogen-bond acceptors (Lipinski definition) is 8. The van der Waals surface area contributed by atoms with Crippen molar-refractivity contribution in [3.05, 3.63) is 112 Å². The maximum atomic E-state index is 13.9. The number of fused-ring (bicyclic) bond motifs is 1. The minimum Gasteiger partial charge on any atom is -0.376 e. The Balaban J connectivity index is 1.47. The van der Waals surface area contributed by atoms with E-state index in [0.717, 1.165) is 19.1 Å². The van der Waals surface area contributed by atoms with Crippen molar-refractivity contribution in [2.75, 3.05) is 22.6 Å². The number of sulfone groups is 1. The Kier molecular flexibility index (Phi) is 7.39. The Morgan fingerprint density at radius 1 is 1.14 bits per heavy atom. The van der Waals surface area contributed by atoms with Crippen molar-refractivity contribution in [1.82, 2.24) is 20.0 Å². The van der Waals surface area contributed by atoms with Gasteiger partial charge in [0.25, 0.3) is 0 Å². The number of rotatable bonds is 10. The number of aromatic nitrogens is 4. The first-order valence-corrected chi connectivity index (χ1v) is 16.0. The van der Waals surface area contributed by atoms with Crippen LogP contribution in [0.2, 0.25) is 5.02 Å². The van der Waals surface area contributed by atoms with Gasteiger partial charge >= 0.3 is 0 Å². The van der Waals surface area contributed by atoms with Gasteiger partial charge in [-0.15, -0.1) is 5.10 Å². The molecule has 2 N–H and O–H groups in total. The predicted molar refractivity (Wildman–Crippen MR) is 164 cm³/mol. The normalized spacial score (nSPS) is 15.7. The zero-order valence-electron chi connectivity index (χ0n) is 24.0. The van der Waals surface area contributed by atoms with Crippen LogP contribution < -0.4 is 10.6 Å². The molecule has 43 heavy (non-hydrogen) atoms. The van der Waals surface area contributed by atoms with Gasteiger partial charge in [0.1, 0.15) is 27.4 Å². The second-order valence-corrected chi connectivity index (χ2v) is 13.1. The number of anilines is 2. The first kappa shape index (κ1) is 27.3. The van der Waals surface area contributed by atoms with E-state index in [4.69, 9.17) is 11.6 Å². The molecule has 218 valence electrons. The Labute approximate surface area is 254 Å². The number of nitriles is 1. The van der Waals surface area contributed by atoms with E-state index < -0.39 is 27.7 Å². The molecule has 1 aliphatic carbocycles. The van der Waals surface area contributed by atoms with E-state index in [1.807, 2.05) is 30.3 Å². The van der Waals surface area contributed by atoms with Crippen molar-refractivity contribution in [2.45, 2.75) is 30.9 Å². The SMILES string of the molecule is [2H]C(Nc1cc(Cl)c2ncc(C#N)c(NC(CS(C)(=O)=O)c3ccccc3)c2c1)(c1ccc(F)cc1)c1cn(C2CC2)nn1. The number of nitrogens with zero attached hydrogens (tertiary/aromatic N) is 5. The standard InChI is InChI=1S/C31H27ClFN7O2S/c1-43(41,42)18-28(19-5-3-2-4-6-19)37-29-21(15-34)16-35-31-25(29)13-23(14-26(31)32)36-30(20-7-9-22(33)10-8-20)27-17-40(39-38-27)24-11-12-24/h2-10,13-14,16-17,24,28,30,36H,11-12,18H2,1H3,(H,35,37)/i30D. The van der Waals surface area contributed by atoms with E-state index in [1.165, 1.54) is 30.5 Å². The minimum absolute atomic E-state index is 0.184. The molecule has 2 unspecified atom stereocenters. The quantitative estimate of drug-likeness (QED) is 0.189. The second kappa shape index (κ2) is 11.6. The fourth-order valence-corrected chi connectivity index (χ4v) is 6.06. The van der Waals surface area contributed by atoms with Crippen LogP contribution in [0.15, 0.2) is 79.1 Å². The van der Waals surface area contributed by atoms with Crippen LogP contribution in [-0.4, -0.2) is 40.4 Å². The zero-order valence-corrected chi connectivity index (χ0v) is 24.6. The Morgan fingerprint density at radius 2 is 1.88 bits per heavy atom. The summed E-state index contributed by atoms with van der Waals surface area (Å²) in [5.41, 5.74) is 2.72. The fraction of sp³-hybridized carbons (Fsp3) is 0.226. The third kappa shape index (κ3) is 6.45. The summed E-state index contributed by atoms with van der Waals surface area (Å²) < 4.78 is 50.0. The number of halogens is 2. The van der Waals surface area contributed by atoms with E-state index in [9.17, 15) is 19.4 Å². The number of benzene rings is 3. The van der Waals surface area contributed by atoms with Gasteiger partial charge in [-0.25, -0.2) is 17.5 Å². The van der Waals surface area contributed by atoms with Gasteiger partial charge in [0, 0.05) is 23.5 Å². The maximum absolute atomic E-state index is 13.9. The molecule has 0 bridgehead atoms. The van der Waals surface area contributed by atoms with Crippen molar-refractivity contribution >= 4 is 43.7 Å². The van der Waals surface area contributed by atoms with E-state index in [1.54, 1.807) is 23.0 Å². The van der Waals surface area contributed by atoms with E-state index in [2.05, 4.69) is 32.0 Å². The van der Waals surface area contributed by atoms with Crippen molar-refractivity contribution in [3.63, 3.8) is 0 Å². The molecule has 0 saturated heterocycles. The number of pyridine rings is 1. The summed E-state index contributed by atoms with van der Waals surface area (Å²) in [6.07, 6.45) is 6.20. The summed E-state index contributed by atoms with van der Waals surface area (Å²) in [5.74, 6) is -0.673. The highest BCUT2D eigenvalue weighted by Crippen LogP contribution is 2.38. The molecule has 3 aromatic carbocycles. The van der Waals surface area contributed by atoms with Crippen LogP contribution in [-0.2, 0) is 9.84 Å². The summed E-state index contributed by atoms with van der Waals surface area (Å²) in [7, 11) is -3.43. The van der Waals surface area contributed by atoms with Gasteiger partial charge in [0.15, 0.2) is 0 Å². The third-order valence-electron chi connectivity index (χ3n) is 7.12. The van der Waals surface area contributed by atoms with E-state index >= 15 is 0 Å². The smallest absolute Gasteiger partial charge is 0.149 e. The molecule has 2 heterocycles. The molecule has 1 saturated carbocycles. The van der Waals surface area contributed by atoms with Gasteiger partial charge < -0.3 is 10.6 Å². The number of hydrogen-bond donors (Lipinski definition) is 2. The van der Waals surface area contributed by atoms with Crippen LogP contribution in [0, 0.1) is 17.1 Å². The van der Waals surface area contributed by atoms with Gasteiger partial charge in [-0.1, -0.05) is 59.3 Å². The maximum Gasteiger partial charge on any atom is 0.149 e. The monoisotopic (exact) mass is 616 g/mol. The molecule has 12 heteroatoms. The highest BCUT2D eigenvalue weighted by Gasteiger charge is 2.27. The molecule has 0 amide bonds. The van der Waals surface area contributed by atoms with Crippen molar-refractivity contribution in [3.8, 4) is 6.07 Å². The Bertz CT molecular complexity index is 2000. The van der Waals surface area contributed by atoms with Gasteiger partial charge in [-0.05, 0) is 48.2 Å². The van der Waals surface area contributed by atoms with Crippen molar-refractivity contribution < 1.29 is 14.2 Å². The molecule has 0 aliphatic heterocycles. The predicted octanol–water partition coefficient (Wildman–Crippen LogP) is 6.22. The lowest BCUT2D eigenvalue weighted by Crippen LogP contribution is -2.21. The summed E-state index contributed by atoms with van der Waals surface area (Å²) in [6, 6.07) is 17.9. The van der Waals surface area contributed by atoms with Gasteiger partial charge in [0.05, 0.1) is 53.2 Å². The summed E-state index contributed by atoms with van der Waals surface area (Å²) in [4.78, 5) is 4.41. The topological polar surface area (TPSA) is 126 Å². The minimum atomic E-state index is -3.43. The lowest BCUT2D eigenvalue weighted by molar-refractivity contribution is 0.597. The average molecular weight is 617 g/mol. The highest BCUT2D eigenvalue weighted by molar-refractivity contribution is 7.90. The first-order valence-electron chi connectivity index (χ1n) is 14.0. The largest absolute Gasteiger partial charge is 0.376 e. The fourth-order valence-electron chi connectivity index (χ4n) is 4.91. The molecule has 2 aromatic heterocycles. The van der Waals surface area contributed by atoms with Crippen LogP contribution >= 0.6 is 11.6 Å². The van der Waals surface area contributed by atoms with Crippen LogP contribution in [0.5, 0.6) is 0 Å². The molecular formula is C31H27ClFN7O2S.